The highest BCUT2D eigenvalue weighted by Gasteiger charge is 2.20. The average Bonchev–Trinajstić information content (AvgIpc) is 2.90. The minimum absolute atomic E-state index is 0.0722. The van der Waals surface area contributed by atoms with Gasteiger partial charge in [0.25, 0.3) is 0 Å². The molecule has 0 aliphatic carbocycles. The lowest BCUT2D eigenvalue weighted by Crippen LogP contribution is -2.40. The zero-order valence-electron chi connectivity index (χ0n) is 14.4. The normalized spacial score (nSPS) is 19.6. The number of thioether (sulfide) groups is 1. The largest absolute Gasteiger partial charge is 0.393 e. The van der Waals surface area contributed by atoms with Crippen LogP contribution in [0.2, 0.25) is 0 Å². The van der Waals surface area contributed by atoms with Crippen molar-refractivity contribution in [1.29, 1.82) is 0 Å². The third kappa shape index (κ3) is 5.01. The van der Waals surface area contributed by atoms with Crippen molar-refractivity contribution in [1.82, 2.24) is 10.2 Å². The first-order valence-corrected chi connectivity index (χ1v) is 10.1. The van der Waals surface area contributed by atoms with E-state index in [1.165, 1.54) is 6.07 Å². The SMILES string of the molecule is O=C(NCc1ccc(N2CCC(O)CC2)c(F)c1)N1CCCSCC1. The van der Waals surface area contributed by atoms with Crippen LogP contribution >= 0.6 is 11.8 Å². The third-order valence-electron chi connectivity index (χ3n) is 4.77. The van der Waals surface area contributed by atoms with Crippen molar-refractivity contribution in [2.45, 2.75) is 31.9 Å². The Bertz CT molecular complexity index is 586. The van der Waals surface area contributed by atoms with Gasteiger partial charge in [-0.3, -0.25) is 0 Å². The highest BCUT2D eigenvalue weighted by Crippen LogP contribution is 2.24. The fourth-order valence-corrected chi connectivity index (χ4v) is 4.15. The van der Waals surface area contributed by atoms with E-state index in [2.05, 4.69) is 5.32 Å². The van der Waals surface area contributed by atoms with Crippen LogP contribution in [0, 0.1) is 5.82 Å². The molecule has 1 aromatic rings. The number of nitrogens with one attached hydrogen (secondary N) is 1. The zero-order chi connectivity index (χ0) is 17.6. The van der Waals surface area contributed by atoms with Gasteiger partial charge in [-0.05, 0) is 42.7 Å². The van der Waals surface area contributed by atoms with Crippen LogP contribution in [0.25, 0.3) is 0 Å². The molecular formula is C18H26FN3O2S. The van der Waals surface area contributed by atoms with Gasteiger partial charge in [0.1, 0.15) is 5.82 Å². The third-order valence-corrected chi connectivity index (χ3v) is 5.82. The van der Waals surface area contributed by atoms with E-state index >= 15 is 0 Å². The summed E-state index contributed by atoms with van der Waals surface area (Å²) in [6.07, 6.45) is 2.09. The molecule has 2 aliphatic rings. The Kier molecular flexibility index (Phi) is 6.42. The molecule has 2 fully saturated rings. The van der Waals surface area contributed by atoms with Crippen molar-refractivity contribution < 1.29 is 14.3 Å². The average molecular weight is 367 g/mol. The Morgan fingerprint density at radius 3 is 2.80 bits per heavy atom. The van der Waals surface area contributed by atoms with Crippen molar-refractivity contribution >= 4 is 23.5 Å². The number of carbonyl (C=O) groups excluding carboxylic acids is 1. The predicted molar refractivity (Wildman–Crippen MR) is 99.6 cm³/mol. The molecule has 25 heavy (non-hydrogen) atoms. The number of hydrogen-bond donors (Lipinski definition) is 2. The number of rotatable bonds is 3. The summed E-state index contributed by atoms with van der Waals surface area (Å²) in [5, 5.41) is 12.5. The first-order chi connectivity index (χ1) is 12.1. The summed E-state index contributed by atoms with van der Waals surface area (Å²) in [5.41, 5.74) is 1.34. The van der Waals surface area contributed by atoms with E-state index in [9.17, 15) is 14.3 Å². The first-order valence-electron chi connectivity index (χ1n) is 8.95. The standard InChI is InChI=1S/C18H26FN3O2S/c19-16-12-14(2-3-17(16)21-7-4-15(23)5-8-21)13-20-18(24)22-6-1-10-25-11-9-22/h2-3,12,15,23H,1,4-11,13H2,(H,20,24). The van der Waals surface area contributed by atoms with Crippen molar-refractivity contribution in [3.63, 3.8) is 0 Å². The fourth-order valence-electron chi connectivity index (χ4n) is 3.26. The molecule has 2 heterocycles. The van der Waals surface area contributed by atoms with Crippen molar-refractivity contribution in [3.8, 4) is 0 Å². The van der Waals surface area contributed by atoms with Crippen LogP contribution in [-0.4, -0.2) is 59.8 Å². The summed E-state index contributed by atoms with van der Waals surface area (Å²) < 4.78 is 14.4. The van der Waals surface area contributed by atoms with E-state index in [0.29, 0.717) is 38.2 Å². The molecule has 1 aromatic carbocycles. The molecule has 0 atom stereocenters. The minimum atomic E-state index is -0.272. The number of aliphatic hydroxyl groups is 1. The monoisotopic (exact) mass is 367 g/mol. The lowest BCUT2D eigenvalue weighted by atomic mass is 10.1. The number of amides is 2. The first kappa shape index (κ1) is 18.3. The minimum Gasteiger partial charge on any atom is -0.393 e. The van der Waals surface area contributed by atoms with Crippen LogP contribution in [0.4, 0.5) is 14.9 Å². The van der Waals surface area contributed by atoms with Crippen LogP contribution in [0.15, 0.2) is 18.2 Å². The Morgan fingerprint density at radius 2 is 2.04 bits per heavy atom. The lowest BCUT2D eigenvalue weighted by Gasteiger charge is -2.31. The molecule has 0 saturated carbocycles. The number of piperidine rings is 1. The molecule has 2 saturated heterocycles. The number of nitrogens with zero attached hydrogens (tertiary/aromatic N) is 2. The van der Waals surface area contributed by atoms with Gasteiger partial charge in [-0.25, -0.2) is 9.18 Å². The number of urea groups is 1. The Hall–Kier alpha value is -1.47. The summed E-state index contributed by atoms with van der Waals surface area (Å²) in [4.78, 5) is 16.0. The summed E-state index contributed by atoms with van der Waals surface area (Å²) in [6, 6.07) is 5.06. The fraction of sp³-hybridized carbons (Fsp3) is 0.611. The van der Waals surface area contributed by atoms with Gasteiger partial charge in [0.15, 0.2) is 0 Å². The highest BCUT2D eigenvalue weighted by atomic mass is 32.2. The molecule has 0 radical (unpaired) electrons. The number of benzene rings is 1. The van der Waals surface area contributed by atoms with Crippen molar-refractivity contribution in [2.75, 3.05) is 42.6 Å². The van der Waals surface area contributed by atoms with Crippen molar-refractivity contribution in [2.24, 2.45) is 0 Å². The van der Waals surface area contributed by atoms with Crippen LogP contribution < -0.4 is 10.2 Å². The molecule has 0 unspecified atom stereocenters. The number of aliphatic hydroxyl groups excluding tert-OH is 1. The predicted octanol–water partition coefficient (Wildman–Crippen LogP) is 2.44. The molecule has 2 aliphatic heterocycles. The van der Waals surface area contributed by atoms with Gasteiger partial charge in [-0.1, -0.05) is 6.07 Å². The molecular weight excluding hydrogens is 341 g/mol. The van der Waals surface area contributed by atoms with Crippen LogP contribution in [0.5, 0.6) is 0 Å². The maximum absolute atomic E-state index is 14.4. The molecule has 0 spiro atoms. The van der Waals surface area contributed by atoms with Gasteiger partial charge in [-0.2, -0.15) is 11.8 Å². The van der Waals surface area contributed by atoms with E-state index in [-0.39, 0.29) is 18.0 Å². The van der Waals surface area contributed by atoms with Crippen LogP contribution in [0.3, 0.4) is 0 Å². The van der Waals surface area contributed by atoms with Gasteiger partial charge in [0, 0.05) is 38.5 Å². The molecule has 0 aromatic heterocycles. The Morgan fingerprint density at radius 1 is 1.24 bits per heavy atom. The molecule has 5 nitrogen and oxygen atoms in total. The summed E-state index contributed by atoms with van der Waals surface area (Å²) in [5.74, 6) is 1.81. The summed E-state index contributed by atoms with van der Waals surface area (Å²) in [7, 11) is 0. The summed E-state index contributed by atoms with van der Waals surface area (Å²) >= 11 is 1.88. The second kappa shape index (κ2) is 8.76. The highest BCUT2D eigenvalue weighted by molar-refractivity contribution is 7.99. The van der Waals surface area contributed by atoms with E-state index in [0.717, 1.165) is 36.6 Å². The van der Waals surface area contributed by atoms with Crippen LogP contribution in [0.1, 0.15) is 24.8 Å². The second-order valence-electron chi connectivity index (χ2n) is 6.62. The van der Waals surface area contributed by atoms with Gasteiger partial charge in [0.2, 0.25) is 0 Å². The molecule has 3 rings (SSSR count). The second-order valence-corrected chi connectivity index (χ2v) is 7.84. The number of anilines is 1. The quantitative estimate of drug-likeness (QED) is 0.862. The van der Waals surface area contributed by atoms with Crippen LogP contribution in [-0.2, 0) is 6.54 Å². The van der Waals surface area contributed by atoms with Gasteiger partial charge < -0.3 is 20.2 Å². The van der Waals surface area contributed by atoms with E-state index in [4.69, 9.17) is 0 Å². The Balaban J connectivity index is 1.54. The molecule has 7 heteroatoms. The number of hydrogen-bond acceptors (Lipinski definition) is 4. The Labute approximate surface area is 152 Å². The molecule has 2 amide bonds. The molecule has 2 N–H and O–H groups in total. The van der Waals surface area contributed by atoms with Gasteiger partial charge in [0.05, 0.1) is 11.8 Å². The van der Waals surface area contributed by atoms with Gasteiger partial charge in [-0.15, -0.1) is 0 Å². The van der Waals surface area contributed by atoms with Gasteiger partial charge >= 0.3 is 6.03 Å². The zero-order valence-corrected chi connectivity index (χ0v) is 15.2. The smallest absolute Gasteiger partial charge is 0.317 e. The number of carbonyl (C=O) groups is 1. The van der Waals surface area contributed by atoms with E-state index < -0.39 is 0 Å². The topological polar surface area (TPSA) is 55.8 Å². The molecule has 0 bridgehead atoms. The van der Waals surface area contributed by atoms with E-state index in [1.807, 2.05) is 27.6 Å². The van der Waals surface area contributed by atoms with Crippen molar-refractivity contribution in [3.05, 3.63) is 29.6 Å². The summed E-state index contributed by atoms with van der Waals surface area (Å²) in [6.45, 7) is 3.22. The lowest BCUT2D eigenvalue weighted by molar-refractivity contribution is 0.145. The maximum Gasteiger partial charge on any atom is 0.317 e. The number of halogens is 1. The maximum atomic E-state index is 14.4. The van der Waals surface area contributed by atoms with E-state index in [1.54, 1.807) is 6.07 Å². The molecule has 138 valence electrons.